The largest absolute Gasteiger partial charge is 0.493 e. The smallest absolute Gasteiger partial charge is 0.387 e. The highest BCUT2D eigenvalue weighted by Gasteiger charge is 2.15. The van der Waals surface area contributed by atoms with Crippen molar-refractivity contribution in [2.45, 2.75) is 40.0 Å². The maximum Gasteiger partial charge on any atom is 0.387 e. The third-order valence-corrected chi connectivity index (χ3v) is 4.72. The number of aryl methyl sites for hydroxylation is 2. The fourth-order valence-electron chi connectivity index (χ4n) is 3.02. The van der Waals surface area contributed by atoms with Crippen LogP contribution in [0.25, 0.3) is 0 Å². The lowest BCUT2D eigenvalue weighted by molar-refractivity contribution is -0.122. The average molecular weight is 406 g/mol. The lowest BCUT2D eigenvalue weighted by atomic mass is 10.0. The highest BCUT2D eigenvalue weighted by Crippen LogP contribution is 2.29. The van der Waals surface area contributed by atoms with Crippen molar-refractivity contribution in [3.63, 3.8) is 0 Å². The molecule has 0 fully saturated rings. The second-order valence-electron chi connectivity index (χ2n) is 7.17. The number of benzene rings is 2. The van der Waals surface area contributed by atoms with Crippen molar-refractivity contribution in [3.05, 3.63) is 58.7 Å². The van der Waals surface area contributed by atoms with Crippen molar-refractivity contribution < 1.29 is 23.0 Å². The van der Waals surface area contributed by atoms with Gasteiger partial charge in [-0.05, 0) is 62.2 Å². The zero-order chi connectivity index (χ0) is 21.6. The molecule has 0 saturated carbocycles. The summed E-state index contributed by atoms with van der Waals surface area (Å²) < 4.78 is 34.7. The van der Waals surface area contributed by atoms with E-state index in [0.717, 1.165) is 11.1 Å². The van der Waals surface area contributed by atoms with E-state index in [1.165, 1.54) is 24.3 Å². The monoisotopic (exact) mass is 406 g/mol. The van der Waals surface area contributed by atoms with E-state index in [0.29, 0.717) is 6.54 Å². The summed E-state index contributed by atoms with van der Waals surface area (Å²) in [5, 5.41) is 2.99. The quantitative estimate of drug-likeness (QED) is 0.677. The number of nitrogens with one attached hydrogen (secondary N) is 1. The molecule has 0 saturated heterocycles. The standard InChI is InChI=1S/C22H28F2N2O3/c1-14-6-8-18(10-15(14)2)16(3)25-21(27)13-26(4)12-17-7-9-19(28-5)20(11-17)29-22(23)24/h6-11,16,22H,12-13H2,1-5H3,(H,25,27). The van der Waals surface area contributed by atoms with Gasteiger partial charge in [0.2, 0.25) is 5.91 Å². The highest BCUT2D eigenvalue weighted by atomic mass is 19.3. The number of methoxy groups -OCH3 is 1. The maximum absolute atomic E-state index is 12.6. The van der Waals surface area contributed by atoms with Crippen molar-refractivity contribution in [1.29, 1.82) is 0 Å². The first-order valence-corrected chi connectivity index (χ1v) is 9.36. The topological polar surface area (TPSA) is 50.8 Å². The zero-order valence-corrected chi connectivity index (χ0v) is 17.5. The molecule has 29 heavy (non-hydrogen) atoms. The Bertz CT molecular complexity index is 843. The number of hydrogen-bond donors (Lipinski definition) is 1. The molecule has 158 valence electrons. The zero-order valence-electron chi connectivity index (χ0n) is 17.5. The van der Waals surface area contributed by atoms with Crippen molar-refractivity contribution in [2.75, 3.05) is 20.7 Å². The summed E-state index contributed by atoms with van der Waals surface area (Å²) in [6.07, 6.45) is 0. The van der Waals surface area contributed by atoms with Gasteiger partial charge < -0.3 is 14.8 Å². The van der Waals surface area contributed by atoms with Gasteiger partial charge in [-0.2, -0.15) is 8.78 Å². The van der Waals surface area contributed by atoms with E-state index in [4.69, 9.17) is 4.74 Å². The molecule has 1 N–H and O–H groups in total. The van der Waals surface area contributed by atoms with Crippen LogP contribution in [0.5, 0.6) is 11.5 Å². The fraction of sp³-hybridized carbons (Fsp3) is 0.409. The van der Waals surface area contributed by atoms with Gasteiger partial charge in [0, 0.05) is 6.54 Å². The highest BCUT2D eigenvalue weighted by molar-refractivity contribution is 5.78. The van der Waals surface area contributed by atoms with Crippen LogP contribution in [0.15, 0.2) is 36.4 Å². The predicted octanol–water partition coefficient (Wildman–Crippen LogP) is 4.22. The molecular formula is C22H28F2N2O3. The van der Waals surface area contributed by atoms with Gasteiger partial charge in [-0.3, -0.25) is 9.69 Å². The minimum Gasteiger partial charge on any atom is -0.493 e. The number of alkyl halides is 2. The Hall–Kier alpha value is -2.67. The molecule has 1 atom stereocenters. The number of rotatable bonds is 9. The number of hydrogen-bond acceptors (Lipinski definition) is 4. The van der Waals surface area contributed by atoms with Crippen LogP contribution < -0.4 is 14.8 Å². The van der Waals surface area contributed by atoms with Crippen LogP contribution in [0.4, 0.5) is 8.78 Å². The number of likely N-dealkylation sites (N-methyl/N-ethyl adjacent to an activating group) is 1. The molecule has 0 radical (unpaired) electrons. The van der Waals surface area contributed by atoms with E-state index in [9.17, 15) is 13.6 Å². The third kappa shape index (κ3) is 6.71. The molecule has 0 aliphatic rings. The average Bonchev–Trinajstić information content (AvgIpc) is 2.63. The maximum atomic E-state index is 12.6. The van der Waals surface area contributed by atoms with Gasteiger partial charge in [-0.1, -0.05) is 24.3 Å². The summed E-state index contributed by atoms with van der Waals surface area (Å²) in [6.45, 7) is 3.67. The third-order valence-electron chi connectivity index (χ3n) is 4.72. The van der Waals surface area contributed by atoms with Crippen LogP contribution in [0.2, 0.25) is 0 Å². The first-order chi connectivity index (χ1) is 13.7. The normalized spacial score (nSPS) is 12.2. The number of carbonyl (C=O) groups excluding carboxylic acids is 1. The predicted molar refractivity (Wildman–Crippen MR) is 108 cm³/mol. The van der Waals surface area contributed by atoms with Gasteiger partial charge in [0.25, 0.3) is 0 Å². The Balaban J connectivity index is 1.95. The van der Waals surface area contributed by atoms with Crippen molar-refractivity contribution in [1.82, 2.24) is 10.2 Å². The molecule has 1 unspecified atom stereocenters. The van der Waals surface area contributed by atoms with Crippen LogP contribution in [0.3, 0.4) is 0 Å². The summed E-state index contributed by atoms with van der Waals surface area (Å²) >= 11 is 0. The Morgan fingerprint density at radius 3 is 2.45 bits per heavy atom. The van der Waals surface area contributed by atoms with E-state index in [1.807, 2.05) is 32.9 Å². The summed E-state index contributed by atoms with van der Waals surface area (Å²) in [7, 11) is 3.18. The minimum atomic E-state index is -2.94. The molecule has 0 aliphatic heterocycles. The fourth-order valence-corrected chi connectivity index (χ4v) is 3.02. The molecule has 0 aromatic heterocycles. The molecular weight excluding hydrogens is 378 g/mol. The minimum absolute atomic E-state index is 0.0267. The molecule has 2 rings (SSSR count). The van der Waals surface area contributed by atoms with Crippen LogP contribution in [0.1, 0.15) is 35.2 Å². The van der Waals surface area contributed by atoms with Crippen LogP contribution in [0, 0.1) is 13.8 Å². The number of halogens is 2. The Morgan fingerprint density at radius 2 is 1.83 bits per heavy atom. The van der Waals surface area contributed by atoms with E-state index in [1.54, 1.807) is 24.1 Å². The molecule has 5 nitrogen and oxygen atoms in total. The van der Waals surface area contributed by atoms with Crippen molar-refractivity contribution in [2.24, 2.45) is 0 Å². The van der Waals surface area contributed by atoms with Gasteiger partial charge in [-0.15, -0.1) is 0 Å². The van der Waals surface area contributed by atoms with E-state index in [2.05, 4.69) is 16.1 Å². The Morgan fingerprint density at radius 1 is 1.10 bits per heavy atom. The van der Waals surface area contributed by atoms with Gasteiger partial charge in [0.15, 0.2) is 11.5 Å². The summed E-state index contributed by atoms with van der Waals surface area (Å²) in [5.74, 6) is 0.0914. The van der Waals surface area contributed by atoms with E-state index in [-0.39, 0.29) is 30.0 Å². The van der Waals surface area contributed by atoms with E-state index >= 15 is 0 Å². The summed E-state index contributed by atoms with van der Waals surface area (Å²) in [5.41, 5.74) is 4.18. The van der Waals surface area contributed by atoms with Gasteiger partial charge in [0.05, 0.1) is 19.7 Å². The second-order valence-corrected chi connectivity index (χ2v) is 7.17. The lowest BCUT2D eigenvalue weighted by Crippen LogP contribution is -2.36. The van der Waals surface area contributed by atoms with E-state index < -0.39 is 6.61 Å². The molecule has 0 aliphatic carbocycles. The summed E-state index contributed by atoms with van der Waals surface area (Å²) in [6, 6.07) is 10.8. The second kappa shape index (κ2) is 10.2. The number of amides is 1. The van der Waals surface area contributed by atoms with Gasteiger partial charge in [0.1, 0.15) is 0 Å². The van der Waals surface area contributed by atoms with Gasteiger partial charge in [-0.25, -0.2) is 0 Å². The lowest BCUT2D eigenvalue weighted by Gasteiger charge is -2.20. The van der Waals surface area contributed by atoms with Crippen LogP contribution >= 0.6 is 0 Å². The first-order valence-electron chi connectivity index (χ1n) is 9.36. The SMILES string of the molecule is COc1ccc(CN(C)CC(=O)NC(C)c2ccc(C)c(C)c2)cc1OC(F)F. The van der Waals surface area contributed by atoms with Crippen LogP contribution in [-0.4, -0.2) is 38.1 Å². The first kappa shape index (κ1) is 22.6. The number of ether oxygens (including phenoxy) is 2. The van der Waals surface area contributed by atoms with Crippen LogP contribution in [-0.2, 0) is 11.3 Å². The Labute approximate surface area is 170 Å². The molecule has 0 spiro atoms. The van der Waals surface area contributed by atoms with Crippen molar-refractivity contribution >= 4 is 5.91 Å². The van der Waals surface area contributed by atoms with Crippen molar-refractivity contribution in [3.8, 4) is 11.5 Å². The summed E-state index contributed by atoms with van der Waals surface area (Å²) in [4.78, 5) is 14.2. The molecule has 1 amide bonds. The molecule has 0 bridgehead atoms. The molecule has 0 heterocycles. The molecule has 7 heteroatoms. The van der Waals surface area contributed by atoms with Gasteiger partial charge >= 0.3 is 6.61 Å². The number of nitrogens with zero attached hydrogens (tertiary/aromatic N) is 1. The molecule has 2 aromatic carbocycles. The Kier molecular flexibility index (Phi) is 7.96. The molecule has 2 aromatic rings. The number of carbonyl (C=O) groups is 1.